The van der Waals surface area contributed by atoms with Gasteiger partial charge in [-0.2, -0.15) is 15.0 Å². The minimum atomic E-state index is -5.05. The Morgan fingerprint density at radius 1 is 0.364 bits per heavy atom. The maximum atomic E-state index is 15.0. The maximum absolute atomic E-state index is 15.0. The molecule has 8 aromatic rings. The average Bonchev–Trinajstić information content (AvgIpc) is 1.62. The average molecular weight is 2270 g/mol. The first-order valence-electron chi connectivity index (χ1n) is 43.0. The van der Waals surface area contributed by atoms with E-state index in [1.807, 2.05) is 0 Å². The Hall–Kier alpha value is -6.17. The fourth-order valence-corrected chi connectivity index (χ4v) is 26.1. The van der Waals surface area contributed by atoms with Gasteiger partial charge in [-0.15, -0.1) is 0 Å². The Morgan fingerprint density at radius 2 is 0.615 bits per heavy atom. The van der Waals surface area contributed by atoms with Gasteiger partial charge >= 0.3 is 34.1 Å². The molecule has 786 valence electrons. The third-order valence-corrected chi connectivity index (χ3v) is 34.7. The Kier molecular flexibility index (Phi) is 34.7. The molecule has 7 aliphatic rings. The van der Waals surface area contributed by atoms with Gasteiger partial charge in [0, 0.05) is 123 Å². The lowest BCUT2D eigenvalue weighted by molar-refractivity contribution is -0.221. The van der Waals surface area contributed by atoms with E-state index >= 15 is 0 Å². The highest BCUT2D eigenvalue weighted by molar-refractivity contribution is 8.32. The van der Waals surface area contributed by atoms with Crippen LogP contribution < -0.4 is 103 Å². The number of hydrogen-bond acceptors (Lipinski definition) is 54. The van der Waals surface area contributed by atoms with E-state index in [2.05, 4.69) is 44.9 Å². The van der Waals surface area contributed by atoms with Gasteiger partial charge in [0.25, 0.3) is 16.7 Å². The summed E-state index contributed by atoms with van der Waals surface area (Å²) in [6.07, 6.45) is -21.2. The molecule has 57 nitrogen and oxygen atoms in total. The highest BCUT2D eigenvalue weighted by atomic mass is 32.7. The van der Waals surface area contributed by atoms with Crippen molar-refractivity contribution in [2.24, 2.45) is 0 Å². The van der Waals surface area contributed by atoms with Crippen molar-refractivity contribution >= 4 is 165 Å². The molecular formula is C72H92N20O37P7S7-7. The molecule has 0 bridgehead atoms. The summed E-state index contributed by atoms with van der Waals surface area (Å²) in [5.41, 5.74) is 17.7. The molecule has 8 aromatic heterocycles. The number of fused-ring (bicyclic) bond motifs is 1. The molecular weight excluding hydrogens is 2180 g/mol. The predicted molar refractivity (Wildman–Crippen MR) is 508 cm³/mol. The van der Waals surface area contributed by atoms with Crippen LogP contribution in [0.2, 0.25) is 0 Å². The molecule has 0 radical (unpaired) electrons. The second-order valence-electron chi connectivity index (χ2n) is 33.6. The summed E-state index contributed by atoms with van der Waals surface area (Å²) in [6.45, 7) is -28.3. The molecule has 11 N–H and O–H groups in total. The molecule has 0 amide bonds. The summed E-state index contributed by atoms with van der Waals surface area (Å²) in [5.74, 6) is -0.348. The van der Waals surface area contributed by atoms with Gasteiger partial charge in [0.1, 0.15) is 150 Å². The Bertz CT molecular complexity index is 7110. The molecule has 7 unspecified atom stereocenters. The number of aromatic nitrogens is 16. The van der Waals surface area contributed by atoms with Crippen LogP contribution >= 0.6 is 47.1 Å². The number of ether oxygens (including phenoxy) is 7. The maximum Gasteiger partial charge on any atom is 0.351 e. The normalized spacial score (nSPS) is 29.7. The number of hydrogen-bond donors (Lipinski definition) is 7. The predicted octanol–water partition coefficient (Wildman–Crippen LogP) is -2.54. The number of nitrogens with one attached hydrogen (secondary N) is 3. The number of aryl methyl sites for hydroxylation is 6. The summed E-state index contributed by atoms with van der Waals surface area (Å²) in [7, 11) is 1.02. The van der Waals surface area contributed by atoms with Crippen molar-refractivity contribution < 1.29 is 130 Å². The smallest absolute Gasteiger partial charge is 0.351 e. The number of nitrogens with two attached hydrogens (primary N) is 4. The van der Waals surface area contributed by atoms with Gasteiger partial charge in [0.15, 0.2) is 18.3 Å². The number of nitrogens with zero attached hydrogens (tertiary/aromatic N) is 13. The molecule has 28 atom stereocenters. The standard InChI is InChI=1S/C72H99N20O37P7S7/c1-9-37-38(10-51(116-37)86-17-31(2)59(73)80-67(86)96)124-131(103,138)110-24-48-42(14-55(120-48)90-21-35(6)65(94)84-71(90)100)127-134(106,141)113-27-49-43(15-56(121-49)91-22-36(7)66(95)85-72(91)101)128-133(105,140)112-25-46-41(13-53(118-46)88-19-33(4)61(75)82-69(88)98)126-135(107,142)115-28-50-44(16-57(122-50)92-30-79-58-62(76)77-29-78-63(58)92)129-136(108,143)114-26-47-40(12-52(119-47)87-18-32(3)60(74)81-68(87)97)125-132(104,139)111-23-45-39(123-130(102,137)109-8)11-54(117-45)89-20-34(5)64(93)83-70(89)99/h17-22,29-30,37-57H,9-16,23-28H2,1-8H3,(H,102,137)(H,103,138)(H,104,139)(H,105,140)(H,106,141)(H,107,142)(H,108,143)(H2,73,80,96)(H2,74,81,97)(H2,75,82,98)(H2,76,77,78)(H,83,93,99)(H,84,94,100)(H,85,95,101)/p-7/t37-,38-,39-,40-,41-,42-,43-,44-,45-,46-,47-,48-,49-,50-,51-,52-,53-,54-,55-,56-,57-,130?,131?,132?,133?,134?,135?,136?/m1/s1. The van der Waals surface area contributed by atoms with Gasteiger partial charge in [-0.3, -0.25) is 65.9 Å². The number of imidazole rings is 1. The van der Waals surface area contributed by atoms with Gasteiger partial charge in [-0.25, -0.2) is 43.7 Å². The van der Waals surface area contributed by atoms with E-state index in [1.54, 1.807) is 13.8 Å². The molecule has 15 heterocycles. The summed E-state index contributed by atoms with van der Waals surface area (Å²) >= 11 is 37.8. The first-order chi connectivity index (χ1) is 67.1. The van der Waals surface area contributed by atoms with Crippen molar-refractivity contribution in [3.05, 3.63) is 177 Å². The van der Waals surface area contributed by atoms with Gasteiger partial charge in [-0.05, 0) is 48.0 Å². The molecule has 0 spiro atoms. The zero-order chi connectivity index (χ0) is 104. The SMILES string of the molecule is CC[C@H]1O[C@@H](n2cc(C)c(N)nc2=O)C[C@H]1OP([O-])(=S)OC[C@H]1O[C@@H](n2cc(C)c(=O)[nH]c2=O)C[C@H]1OP(=O)([S-])OC[C@H]1O[C@@H](n2cc(C)c(=O)[nH]c2=O)C[C@H]1OP([O-])(=S)OC[C@H]1O[C@@H](n2cc(C)c(N)nc2=O)C[C@H]1OP([O-])(=S)OC[C@H]1O[C@@H](n2cnc3c(N)ncnc32)C[C@H]1OP([O-])(=S)OC[C@H]1O[C@@H](n2cc(C)c(N)nc2=O)C[C@H]1OP([O-])(=S)OC[C@H]1O[C@@H](n2cc(C)c(=O)[nH]c2=O)C[C@H]1OP([O-])(=S)OC. The third-order valence-electron chi connectivity index (χ3n) is 23.6. The molecule has 0 saturated carbocycles. The van der Waals surface area contributed by atoms with E-state index in [1.165, 1.54) is 81.1 Å². The molecule has 15 rings (SSSR count). The lowest BCUT2D eigenvalue weighted by Crippen LogP contribution is -2.34. The second kappa shape index (κ2) is 44.8. The molecule has 0 aliphatic carbocycles. The van der Waals surface area contributed by atoms with Crippen LogP contribution in [-0.2, 0) is 184 Å². The van der Waals surface area contributed by atoms with Gasteiger partial charge in [0.05, 0.1) is 94.8 Å². The Labute approximate surface area is 842 Å². The lowest BCUT2D eigenvalue weighted by Gasteiger charge is -2.36. The fourth-order valence-electron chi connectivity index (χ4n) is 16.3. The summed E-state index contributed by atoms with van der Waals surface area (Å²) in [6, 6.07) is 0. The van der Waals surface area contributed by atoms with Crippen LogP contribution in [0.25, 0.3) is 11.2 Å². The van der Waals surface area contributed by atoms with Crippen LogP contribution in [0.5, 0.6) is 0 Å². The quantitative estimate of drug-likeness (QED) is 0.0153. The number of H-pyrrole nitrogens is 3. The van der Waals surface area contributed by atoms with E-state index in [9.17, 15) is 77.1 Å². The van der Waals surface area contributed by atoms with Crippen molar-refractivity contribution in [1.29, 1.82) is 0 Å². The first-order valence-corrected chi connectivity index (χ1v) is 60.9. The van der Waals surface area contributed by atoms with Crippen molar-refractivity contribution in [2.75, 3.05) is 69.7 Å². The van der Waals surface area contributed by atoms with Crippen molar-refractivity contribution in [3.8, 4) is 0 Å². The van der Waals surface area contributed by atoms with E-state index in [-0.39, 0.29) is 88.8 Å². The van der Waals surface area contributed by atoms with Crippen LogP contribution in [0, 0.1) is 41.5 Å². The molecule has 7 aliphatic heterocycles. The van der Waals surface area contributed by atoms with Crippen molar-refractivity contribution in [2.45, 2.75) is 229 Å². The Balaban J connectivity index is 0.635. The monoisotopic (exact) mass is 2270 g/mol. The molecule has 71 heteroatoms. The molecule has 143 heavy (non-hydrogen) atoms. The zero-order valence-corrected chi connectivity index (χ0v) is 87.8. The van der Waals surface area contributed by atoms with E-state index in [4.69, 9.17) is 203 Å². The highest BCUT2D eigenvalue weighted by Gasteiger charge is 2.49. The van der Waals surface area contributed by atoms with Crippen LogP contribution in [0.1, 0.15) is 135 Å². The van der Waals surface area contributed by atoms with E-state index < -0.39 is 286 Å². The number of rotatable bonds is 41. The van der Waals surface area contributed by atoms with Crippen molar-refractivity contribution in [1.82, 2.24) is 76.8 Å². The highest BCUT2D eigenvalue weighted by Crippen LogP contribution is 2.57. The number of aromatic amines is 3. The van der Waals surface area contributed by atoms with Gasteiger partial charge in [-0.1, -0.05) is 77.8 Å². The van der Waals surface area contributed by atoms with Crippen molar-refractivity contribution in [3.63, 3.8) is 0 Å². The van der Waals surface area contributed by atoms with Crippen LogP contribution in [0.15, 0.2) is 93.0 Å². The zero-order valence-electron chi connectivity index (χ0n) is 75.9. The topological polar surface area (TPSA) is 766 Å². The van der Waals surface area contributed by atoms with Gasteiger partial charge in [0.2, 0.25) is 0 Å². The second-order valence-corrected chi connectivity index (χ2v) is 52.6. The van der Waals surface area contributed by atoms with Crippen LogP contribution in [-0.4, -0.2) is 209 Å². The first kappa shape index (κ1) is 111. The number of anilines is 4. The summed E-state index contributed by atoms with van der Waals surface area (Å²) < 4.78 is 147. The Morgan fingerprint density at radius 3 is 0.909 bits per heavy atom. The molecule has 7 saturated heterocycles. The van der Waals surface area contributed by atoms with E-state index in [0.29, 0.717) is 11.1 Å². The minimum Gasteiger partial charge on any atom is -0.780 e. The van der Waals surface area contributed by atoms with Crippen LogP contribution in [0.4, 0.5) is 23.3 Å². The number of nitrogen functional groups attached to an aromatic ring is 4. The molecule has 0 aromatic carbocycles. The van der Waals surface area contributed by atoms with E-state index in [0.717, 1.165) is 42.5 Å². The third kappa shape index (κ3) is 26.9. The summed E-state index contributed by atoms with van der Waals surface area (Å²) in [4.78, 5) is 234. The largest absolute Gasteiger partial charge is 0.780 e. The summed E-state index contributed by atoms with van der Waals surface area (Å²) in [5, 5.41) is 0. The van der Waals surface area contributed by atoms with Crippen LogP contribution in [0.3, 0.4) is 0 Å². The minimum absolute atomic E-state index is 0.00188. The fraction of sp³-hybridized carbons (Fsp3) is 0.597. The lowest BCUT2D eigenvalue weighted by atomic mass is 10.1. The van der Waals surface area contributed by atoms with Gasteiger partial charge < -0.3 is 161 Å². The molecule has 7 fully saturated rings.